The zero-order valence-corrected chi connectivity index (χ0v) is 18.0. The molecule has 5 rings (SSSR count). The molecule has 0 saturated carbocycles. The lowest BCUT2D eigenvalue weighted by molar-refractivity contribution is 0.230. The number of likely N-dealkylation sites (tertiary alicyclic amines) is 1. The summed E-state index contributed by atoms with van der Waals surface area (Å²) >= 11 is 6.47. The van der Waals surface area contributed by atoms with Gasteiger partial charge in [-0.05, 0) is 43.2 Å². The number of fused-ring (bicyclic) bond motifs is 1. The second kappa shape index (κ2) is 8.57. The molecule has 31 heavy (non-hydrogen) atoms. The molecular formula is C24H25ClN6. The number of benzene rings is 1. The van der Waals surface area contributed by atoms with Crippen molar-refractivity contribution in [1.82, 2.24) is 25.2 Å². The van der Waals surface area contributed by atoms with Crippen LogP contribution in [-0.4, -0.2) is 45.5 Å². The highest BCUT2D eigenvalue weighted by atomic mass is 35.5. The van der Waals surface area contributed by atoms with Gasteiger partial charge in [-0.25, -0.2) is 9.97 Å². The Balaban J connectivity index is 1.31. The fourth-order valence-corrected chi connectivity index (χ4v) is 4.49. The second-order valence-electron chi connectivity index (χ2n) is 8.08. The Kier molecular flexibility index (Phi) is 5.49. The molecule has 0 amide bonds. The monoisotopic (exact) mass is 432 g/mol. The first kappa shape index (κ1) is 19.8. The van der Waals surface area contributed by atoms with Crippen molar-refractivity contribution < 1.29 is 0 Å². The van der Waals surface area contributed by atoms with Crippen molar-refractivity contribution in [3.8, 4) is 11.3 Å². The number of H-pyrrole nitrogens is 1. The Hall–Kier alpha value is -3.09. The van der Waals surface area contributed by atoms with E-state index in [1.54, 1.807) is 6.20 Å². The van der Waals surface area contributed by atoms with Gasteiger partial charge in [0, 0.05) is 53.7 Å². The molecule has 0 radical (unpaired) electrons. The van der Waals surface area contributed by atoms with Crippen LogP contribution < -0.4 is 10.6 Å². The zero-order valence-electron chi connectivity index (χ0n) is 17.2. The summed E-state index contributed by atoms with van der Waals surface area (Å²) in [5.41, 5.74) is 5.00. The number of aromatic nitrogens is 3. The van der Waals surface area contributed by atoms with E-state index in [0.29, 0.717) is 11.0 Å². The highest BCUT2D eigenvalue weighted by Gasteiger charge is 2.22. The second-order valence-corrected chi connectivity index (χ2v) is 8.49. The molecule has 1 saturated heterocycles. The molecule has 1 unspecified atom stereocenters. The van der Waals surface area contributed by atoms with Gasteiger partial charge in [-0.1, -0.05) is 36.4 Å². The van der Waals surface area contributed by atoms with E-state index in [-0.39, 0.29) is 6.04 Å². The van der Waals surface area contributed by atoms with Crippen molar-refractivity contribution in [3.05, 3.63) is 77.9 Å². The minimum absolute atomic E-state index is 0.286. The average Bonchev–Trinajstić information content (AvgIpc) is 3.19. The number of allylic oxidation sites excluding steroid dienone is 3. The molecular weight excluding hydrogens is 408 g/mol. The van der Waals surface area contributed by atoms with E-state index in [9.17, 15) is 0 Å². The summed E-state index contributed by atoms with van der Waals surface area (Å²) in [5.74, 6) is 0.614. The summed E-state index contributed by atoms with van der Waals surface area (Å²) in [6, 6.07) is 8.44. The molecule has 158 valence electrons. The fraction of sp³-hybridized carbons (Fsp3) is 0.250. The summed E-state index contributed by atoms with van der Waals surface area (Å²) < 4.78 is 0. The minimum atomic E-state index is 0.286. The van der Waals surface area contributed by atoms with E-state index < -0.39 is 0 Å². The number of hydrogen-bond donors (Lipinski definition) is 3. The van der Waals surface area contributed by atoms with Crippen molar-refractivity contribution in [2.75, 3.05) is 25.0 Å². The number of hydrogen-bond acceptors (Lipinski definition) is 5. The quantitative estimate of drug-likeness (QED) is 0.544. The van der Waals surface area contributed by atoms with Gasteiger partial charge in [0.25, 0.3) is 0 Å². The molecule has 4 heterocycles. The van der Waals surface area contributed by atoms with Crippen LogP contribution in [0.25, 0.3) is 22.2 Å². The molecule has 2 aliphatic heterocycles. The molecule has 2 aliphatic rings. The third kappa shape index (κ3) is 4.36. The number of halogens is 1. The average molecular weight is 433 g/mol. The van der Waals surface area contributed by atoms with Crippen LogP contribution in [0.1, 0.15) is 12.8 Å². The standard InChI is InChI=1S/C24H25ClN6/c1-16-8-9-26-18(11-16)15-31-10-4-5-17(14-31)29-24-28-13-21(25)23(30-24)20-12-27-22-7-3-2-6-19(20)22/h2-3,6-9,11-13,17,26-27H,1,4-5,10,14-15H2,(H,28,29,30). The van der Waals surface area contributed by atoms with Gasteiger partial charge in [0.1, 0.15) is 0 Å². The van der Waals surface area contributed by atoms with Gasteiger partial charge in [-0.3, -0.25) is 4.90 Å². The molecule has 1 atom stereocenters. The van der Waals surface area contributed by atoms with E-state index in [0.717, 1.165) is 60.2 Å². The van der Waals surface area contributed by atoms with E-state index in [1.807, 2.05) is 36.7 Å². The van der Waals surface area contributed by atoms with Gasteiger partial charge in [0.05, 0.1) is 16.9 Å². The third-order valence-electron chi connectivity index (χ3n) is 5.75. The predicted molar refractivity (Wildman–Crippen MR) is 127 cm³/mol. The largest absolute Gasteiger partial charge is 0.364 e. The Morgan fingerprint density at radius 3 is 3.10 bits per heavy atom. The topological polar surface area (TPSA) is 68.9 Å². The van der Waals surface area contributed by atoms with Gasteiger partial charge in [0.2, 0.25) is 5.95 Å². The number of aromatic amines is 1. The number of rotatable bonds is 5. The minimum Gasteiger partial charge on any atom is -0.364 e. The smallest absolute Gasteiger partial charge is 0.223 e. The van der Waals surface area contributed by atoms with Crippen molar-refractivity contribution in [3.63, 3.8) is 0 Å². The summed E-state index contributed by atoms with van der Waals surface area (Å²) in [6.45, 7) is 6.91. The van der Waals surface area contributed by atoms with Gasteiger partial charge in [0.15, 0.2) is 0 Å². The Morgan fingerprint density at radius 2 is 2.19 bits per heavy atom. The lowest BCUT2D eigenvalue weighted by Crippen LogP contribution is -2.44. The van der Waals surface area contributed by atoms with Gasteiger partial charge in [-0.15, -0.1) is 0 Å². The molecule has 6 nitrogen and oxygen atoms in total. The lowest BCUT2D eigenvalue weighted by atomic mass is 10.1. The maximum absolute atomic E-state index is 6.47. The maximum atomic E-state index is 6.47. The van der Waals surface area contributed by atoms with Crippen molar-refractivity contribution >= 4 is 28.5 Å². The van der Waals surface area contributed by atoms with Crippen molar-refractivity contribution in [1.29, 1.82) is 0 Å². The first-order chi connectivity index (χ1) is 15.2. The summed E-state index contributed by atoms with van der Waals surface area (Å²) in [4.78, 5) is 15.0. The van der Waals surface area contributed by atoms with E-state index >= 15 is 0 Å². The lowest BCUT2D eigenvalue weighted by Gasteiger charge is -2.34. The Bertz CT molecular complexity index is 1180. The van der Waals surface area contributed by atoms with Gasteiger partial charge in [-0.2, -0.15) is 0 Å². The maximum Gasteiger partial charge on any atom is 0.223 e. The molecule has 0 spiro atoms. The molecule has 2 aromatic heterocycles. The van der Waals surface area contributed by atoms with Gasteiger partial charge >= 0.3 is 0 Å². The molecule has 1 fully saturated rings. The Labute approximate surface area is 186 Å². The van der Waals surface area contributed by atoms with Gasteiger partial charge < -0.3 is 15.6 Å². The van der Waals surface area contributed by atoms with Crippen molar-refractivity contribution in [2.45, 2.75) is 18.9 Å². The fourth-order valence-electron chi connectivity index (χ4n) is 4.29. The number of nitrogens with one attached hydrogen (secondary N) is 3. The highest BCUT2D eigenvalue weighted by molar-refractivity contribution is 6.33. The number of dihydropyridines is 1. The number of para-hydroxylation sites is 1. The van der Waals surface area contributed by atoms with Crippen LogP contribution in [-0.2, 0) is 0 Å². The highest BCUT2D eigenvalue weighted by Crippen LogP contribution is 2.32. The third-order valence-corrected chi connectivity index (χ3v) is 6.02. The zero-order chi connectivity index (χ0) is 21.2. The first-order valence-electron chi connectivity index (χ1n) is 10.6. The van der Waals surface area contributed by atoms with Crippen molar-refractivity contribution in [2.24, 2.45) is 0 Å². The van der Waals surface area contributed by atoms with Crippen LogP contribution in [0.5, 0.6) is 0 Å². The van der Waals surface area contributed by atoms with Crippen LogP contribution in [0.4, 0.5) is 5.95 Å². The molecule has 1 aromatic carbocycles. The van der Waals surface area contributed by atoms with Crippen LogP contribution in [0, 0.1) is 0 Å². The van der Waals surface area contributed by atoms with E-state index in [2.05, 4.69) is 44.2 Å². The number of nitrogens with zero attached hydrogens (tertiary/aromatic N) is 3. The number of piperidine rings is 1. The van der Waals surface area contributed by atoms with Crippen LogP contribution in [0.15, 0.2) is 72.9 Å². The van der Waals surface area contributed by atoms with E-state index in [1.165, 1.54) is 5.70 Å². The van der Waals surface area contributed by atoms with Crippen LogP contribution >= 0.6 is 11.6 Å². The molecule has 3 N–H and O–H groups in total. The molecule has 3 aromatic rings. The molecule has 7 heteroatoms. The van der Waals surface area contributed by atoms with E-state index in [4.69, 9.17) is 16.6 Å². The normalized spacial score (nSPS) is 19.3. The Morgan fingerprint density at radius 1 is 1.29 bits per heavy atom. The first-order valence-corrected chi connectivity index (χ1v) is 10.9. The summed E-state index contributed by atoms with van der Waals surface area (Å²) in [7, 11) is 0. The SMILES string of the molecule is C=C1C=CNC(CN2CCCC(Nc3ncc(Cl)c(-c4c[nH]c5ccccc45)n3)C2)=C1. The number of anilines is 1. The molecule has 0 aliphatic carbocycles. The summed E-state index contributed by atoms with van der Waals surface area (Å²) in [6.07, 6.45) is 11.9. The summed E-state index contributed by atoms with van der Waals surface area (Å²) in [5, 5.41) is 8.50. The van der Waals surface area contributed by atoms with Crippen LogP contribution in [0.2, 0.25) is 5.02 Å². The predicted octanol–water partition coefficient (Wildman–Crippen LogP) is 4.71. The molecule has 0 bridgehead atoms. The van der Waals surface area contributed by atoms with Crippen LogP contribution in [0.3, 0.4) is 0 Å².